The fourth-order valence-corrected chi connectivity index (χ4v) is 2.92. The van der Waals surface area contributed by atoms with Crippen LogP contribution in [0.15, 0.2) is 36.4 Å². The number of carbonyl (C=O) groups is 2. The zero-order valence-corrected chi connectivity index (χ0v) is 14.7. The number of carbonyl (C=O) groups excluding carboxylic acids is 1. The Balaban J connectivity index is 1.99. The number of fused-ring (bicyclic) bond motifs is 1. The van der Waals surface area contributed by atoms with E-state index in [0.29, 0.717) is 35.3 Å². The zero-order valence-electron chi connectivity index (χ0n) is 14.7. The molecule has 0 saturated carbocycles. The highest BCUT2D eigenvalue weighted by Crippen LogP contribution is 2.26. The molecule has 2 heterocycles. The Bertz CT molecular complexity index is 964. The van der Waals surface area contributed by atoms with E-state index in [4.69, 9.17) is 5.11 Å². The van der Waals surface area contributed by atoms with Crippen molar-refractivity contribution in [1.29, 1.82) is 0 Å². The van der Waals surface area contributed by atoms with Crippen molar-refractivity contribution in [2.75, 3.05) is 6.54 Å². The van der Waals surface area contributed by atoms with E-state index >= 15 is 0 Å². The number of carboxylic acid groups (broad SMARTS) is 1. The average molecular weight is 352 g/mol. The van der Waals surface area contributed by atoms with Crippen LogP contribution < -0.4 is 5.32 Å². The number of nitrogens with zero attached hydrogens (tertiary/aromatic N) is 3. The number of rotatable bonds is 6. The lowest BCUT2D eigenvalue weighted by Crippen LogP contribution is -2.25. The monoisotopic (exact) mass is 352 g/mol. The van der Waals surface area contributed by atoms with Gasteiger partial charge in [0.15, 0.2) is 5.65 Å². The molecule has 26 heavy (non-hydrogen) atoms. The Kier molecular flexibility index (Phi) is 4.97. The van der Waals surface area contributed by atoms with Gasteiger partial charge in [-0.1, -0.05) is 30.3 Å². The number of carboxylic acids is 1. The number of nitrogens with one attached hydrogen (secondary N) is 1. The smallest absolute Gasteiger partial charge is 0.303 e. The van der Waals surface area contributed by atoms with Gasteiger partial charge in [-0.25, -0.2) is 4.98 Å². The van der Waals surface area contributed by atoms with Gasteiger partial charge in [-0.05, 0) is 19.4 Å². The summed E-state index contributed by atoms with van der Waals surface area (Å²) >= 11 is 0. The summed E-state index contributed by atoms with van der Waals surface area (Å²) in [6, 6.07) is 11.4. The molecule has 7 heteroatoms. The van der Waals surface area contributed by atoms with Gasteiger partial charge in [0.2, 0.25) is 0 Å². The van der Waals surface area contributed by atoms with E-state index in [2.05, 4.69) is 15.4 Å². The Morgan fingerprint density at radius 1 is 1.23 bits per heavy atom. The second-order valence-electron chi connectivity index (χ2n) is 6.08. The fourth-order valence-electron chi connectivity index (χ4n) is 2.92. The molecule has 134 valence electrons. The van der Waals surface area contributed by atoms with Gasteiger partial charge < -0.3 is 10.4 Å². The molecule has 0 atom stereocenters. The molecule has 0 unspecified atom stereocenters. The number of hydrogen-bond donors (Lipinski definition) is 2. The van der Waals surface area contributed by atoms with Crippen molar-refractivity contribution in [2.45, 2.75) is 19.8 Å². The minimum atomic E-state index is -0.875. The lowest BCUT2D eigenvalue weighted by molar-refractivity contribution is -0.137. The molecule has 2 N–H and O–H groups in total. The van der Waals surface area contributed by atoms with Crippen LogP contribution in [0, 0.1) is 6.92 Å². The molecular formula is C19H20N4O3. The molecule has 0 radical (unpaired) electrons. The van der Waals surface area contributed by atoms with Gasteiger partial charge in [-0.3, -0.25) is 14.3 Å². The van der Waals surface area contributed by atoms with Crippen molar-refractivity contribution in [3.63, 3.8) is 0 Å². The quantitative estimate of drug-likeness (QED) is 0.665. The van der Waals surface area contributed by atoms with Crippen molar-refractivity contribution in [1.82, 2.24) is 20.1 Å². The molecule has 0 bridgehead atoms. The highest BCUT2D eigenvalue weighted by Gasteiger charge is 2.19. The minimum Gasteiger partial charge on any atom is -0.481 e. The largest absolute Gasteiger partial charge is 0.481 e. The summed E-state index contributed by atoms with van der Waals surface area (Å²) in [6.07, 6.45) is 0.403. The molecule has 0 aliphatic carbocycles. The Hall–Kier alpha value is -3.22. The molecular weight excluding hydrogens is 332 g/mol. The molecule has 0 aliphatic rings. The first-order chi connectivity index (χ1) is 12.5. The van der Waals surface area contributed by atoms with E-state index in [-0.39, 0.29) is 12.3 Å². The van der Waals surface area contributed by atoms with E-state index in [1.165, 1.54) is 0 Å². The van der Waals surface area contributed by atoms with Crippen LogP contribution >= 0.6 is 0 Å². The SMILES string of the molecule is Cc1nn(C)c2nc(-c3ccccc3)cc(C(=O)NCCCC(=O)O)c12. The van der Waals surface area contributed by atoms with Gasteiger partial charge in [-0.2, -0.15) is 5.10 Å². The maximum absolute atomic E-state index is 12.7. The molecule has 0 saturated heterocycles. The van der Waals surface area contributed by atoms with Gasteiger partial charge in [0, 0.05) is 25.6 Å². The molecule has 0 spiro atoms. The number of amides is 1. The topological polar surface area (TPSA) is 97.1 Å². The molecule has 0 fully saturated rings. The third kappa shape index (κ3) is 3.56. The molecule has 2 aromatic heterocycles. The van der Waals surface area contributed by atoms with Gasteiger partial charge >= 0.3 is 5.97 Å². The summed E-state index contributed by atoms with van der Waals surface area (Å²) < 4.78 is 1.66. The van der Waals surface area contributed by atoms with Crippen LogP contribution in [0.3, 0.4) is 0 Å². The third-order valence-electron chi connectivity index (χ3n) is 4.14. The van der Waals surface area contributed by atoms with Crippen LogP contribution in [-0.2, 0) is 11.8 Å². The van der Waals surface area contributed by atoms with E-state index in [9.17, 15) is 9.59 Å². The van der Waals surface area contributed by atoms with Crippen molar-refractivity contribution in [2.24, 2.45) is 7.05 Å². The third-order valence-corrected chi connectivity index (χ3v) is 4.14. The number of aliphatic carboxylic acids is 1. The van der Waals surface area contributed by atoms with Crippen molar-refractivity contribution >= 4 is 22.9 Å². The minimum absolute atomic E-state index is 0.0211. The maximum Gasteiger partial charge on any atom is 0.303 e. The Labute approximate surface area is 150 Å². The lowest BCUT2D eigenvalue weighted by Gasteiger charge is -2.09. The van der Waals surface area contributed by atoms with Gasteiger partial charge in [0.05, 0.1) is 22.3 Å². The van der Waals surface area contributed by atoms with Crippen LogP contribution in [0.5, 0.6) is 0 Å². The molecule has 7 nitrogen and oxygen atoms in total. The van der Waals surface area contributed by atoms with Crippen molar-refractivity contribution in [3.05, 3.63) is 47.7 Å². The van der Waals surface area contributed by atoms with Crippen LogP contribution in [0.25, 0.3) is 22.3 Å². The summed E-state index contributed by atoms with van der Waals surface area (Å²) in [7, 11) is 1.80. The number of hydrogen-bond acceptors (Lipinski definition) is 4. The number of aryl methyl sites for hydroxylation is 2. The van der Waals surface area contributed by atoms with Gasteiger partial charge in [0.25, 0.3) is 5.91 Å². The summed E-state index contributed by atoms with van der Waals surface area (Å²) in [4.78, 5) is 28.0. The predicted molar refractivity (Wildman–Crippen MR) is 97.9 cm³/mol. The highest BCUT2D eigenvalue weighted by molar-refractivity contribution is 6.07. The van der Waals surface area contributed by atoms with Crippen LogP contribution in [0.1, 0.15) is 28.9 Å². The second kappa shape index (κ2) is 7.35. The summed E-state index contributed by atoms with van der Waals surface area (Å²) in [5.74, 6) is -1.13. The molecule has 3 aromatic rings. The fraction of sp³-hybridized carbons (Fsp3) is 0.263. The highest BCUT2D eigenvalue weighted by atomic mass is 16.4. The van der Waals surface area contributed by atoms with Crippen LogP contribution in [0.4, 0.5) is 0 Å². The lowest BCUT2D eigenvalue weighted by atomic mass is 10.0. The first kappa shape index (κ1) is 17.6. The summed E-state index contributed by atoms with van der Waals surface area (Å²) in [5, 5.41) is 16.6. The van der Waals surface area contributed by atoms with Gasteiger partial charge in [0.1, 0.15) is 0 Å². The standard InChI is InChI=1S/C19H20N4O3/c1-12-17-14(19(26)20-10-6-9-16(24)25)11-15(13-7-4-3-5-8-13)21-18(17)23(2)22-12/h3-5,7-8,11H,6,9-10H2,1-2H3,(H,20,26)(H,24,25). The summed E-state index contributed by atoms with van der Waals surface area (Å²) in [6.45, 7) is 2.14. The molecule has 0 aliphatic heterocycles. The maximum atomic E-state index is 12.7. The van der Waals surface area contributed by atoms with Gasteiger partial charge in [-0.15, -0.1) is 0 Å². The zero-order chi connectivity index (χ0) is 18.7. The second-order valence-corrected chi connectivity index (χ2v) is 6.08. The Morgan fingerprint density at radius 2 is 1.96 bits per heavy atom. The number of pyridine rings is 1. The van der Waals surface area contributed by atoms with Crippen molar-refractivity contribution in [3.8, 4) is 11.3 Å². The Morgan fingerprint density at radius 3 is 2.65 bits per heavy atom. The van der Waals surface area contributed by atoms with E-state index in [0.717, 1.165) is 11.3 Å². The summed E-state index contributed by atoms with van der Waals surface area (Å²) in [5.41, 5.74) is 3.46. The molecule has 3 rings (SSSR count). The predicted octanol–water partition coefficient (Wildman–Crippen LogP) is 2.54. The number of aromatic nitrogens is 3. The van der Waals surface area contributed by atoms with E-state index < -0.39 is 5.97 Å². The molecule has 1 amide bonds. The normalized spacial score (nSPS) is 10.8. The van der Waals surface area contributed by atoms with Crippen LogP contribution in [0.2, 0.25) is 0 Å². The first-order valence-corrected chi connectivity index (χ1v) is 8.37. The molecule has 1 aromatic carbocycles. The first-order valence-electron chi connectivity index (χ1n) is 8.37. The van der Waals surface area contributed by atoms with E-state index in [1.807, 2.05) is 37.3 Å². The van der Waals surface area contributed by atoms with Crippen molar-refractivity contribution < 1.29 is 14.7 Å². The van der Waals surface area contributed by atoms with E-state index in [1.54, 1.807) is 17.8 Å². The van der Waals surface area contributed by atoms with Crippen LogP contribution in [-0.4, -0.2) is 38.3 Å². The number of benzene rings is 1. The average Bonchev–Trinajstić information content (AvgIpc) is 2.92.